The number of thioether (sulfide) groups is 1. The van der Waals surface area contributed by atoms with Crippen LogP contribution in [0.3, 0.4) is 0 Å². The highest BCUT2D eigenvalue weighted by molar-refractivity contribution is 8.22. The molecule has 4 rings (SSSR count). The number of nitrogens with zero attached hydrogens (tertiary/aromatic N) is 1. The molecule has 1 atom stereocenters. The van der Waals surface area contributed by atoms with Gasteiger partial charge in [0.2, 0.25) is 0 Å². The fraction of sp³-hybridized carbons (Fsp3) is 0.286. The molecule has 0 saturated carbocycles. The molecule has 2 heterocycles. The highest BCUT2D eigenvalue weighted by Crippen LogP contribution is 2.40. The molecule has 0 aliphatic carbocycles. The van der Waals surface area contributed by atoms with Crippen LogP contribution < -0.4 is 4.74 Å². The summed E-state index contributed by atoms with van der Waals surface area (Å²) in [5.41, 5.74) is 4.68. The van der Waals surface area contributed by atoms with Crippen molar-refractivity contribution in [2.24, 2.45) is 0 Å². The predicted octanol–water partition coefficient (Wildman–Crippen LogP) is 4.79. The van der Waals surface area contributed by atoms with Gasteiger partial charge in [0.1, 0.15) is 10.1 Å². The van der Waals surface area contributed by atoms with Gasteiger partial charge >= 0.3 is 0 Å². The number of fused-ring (bicyclic) bond motifs is 3. The third kappa shape index (κ3) is 3.62. The molecule has 0 amide bonds. The second kappa shape index (κ2) is 8.33. The molecule has 0 radical (unpaired) electrons. The van der Waals surface area contributed by atoms with Crippen LogP contribution in [-0.4, -0.2) is 45.3 Å². The van der Waals surface area contributed by atoms with E-state index in [2.05, 4.69) is 22.0 Å². The van der Waals surface area contributed by atoms with E-state index in [9.17, 15) is 5.11 Å². The first-order chi connectivity index (χ1) is 13.6. The van der Waals surface area contributed by atoms with E-state index >= 15 is 0 Å². The fourth-order valence-corrected chi connectivity index (χ4v) is 5.05. The Bertz CT molecular complexity index is 1000. The Hall–Kier alpha value is -1.73. The van der Waals surface area contributed by atoms with Crippen LogP contribution in [0.4, 0.5) is 0 Å². The average Bonchev–Trinajstić information content (AvgIpc) is 3.09. The Morgan fingerprint density at radius 2 is 2.11 bits per heavy atom. The summed E-state index contributed by atoms with van der Waals surface area (Å²) in [5.74, 6) is 1.42. The maximum atomic E-state index is 9.20. The number of aliphatic hydroxyl groups excluding tert-OH is 1. The lowest BCUT2D eigenvalue weighted by molar-refractivity contribution is 0.322. The molecule has 146 valence electrons. The van der Waals surface area contributed by atoms with Crippen molar-refractivity contribution in [1.82, 2.24) is 9.88 Å². The standard InChI is InChI=1S/C21H21ClN2O2S2/c1-26-15-5-2-13(3-6-15)20-19-16(8-9-24(20)21(27)28-11-10-25)17-12-14(22)4-7-18(17)23-19/h2-7,12,20,23,25H,8-11H2,1H3. The quantitative estimate of drug-likeness (QED) is 0.580. The number of H-pyrrole nitrogens is 1. The molecule has 1 aliphatic rings. The first kappa shape index (κ1) is 19.6. The molecule has 1 unspecified atom stereocenters. The van der Waals surface area contributed by atoms with E-state index < -0.39 is 0 Å². The molecule has 2 aromatic carbocycles. The summed E-state index contributed by atoms with van der Waals surface area (Å²) in [6, 6.07) is 14.1. The van der Waals surface area contributed by atoms with Gasteiger partial charge in [-0.2, -0.15) is 0 Å². The number of aromatic nitrogens is 1. The largest absolute Gasteiger partial charge is 0.497 e. The lowest BCUT2D eigenvalue weighted by atomic mass is 9.93. The fourth-order valence-electron chi connectivity index (χ4n) is 3.81. The molecule has 0 fully saturated rings. The molecule has 3 aromatic rings. The van der Waals surface area contributed by atoms with E-state index in [1.54, 1.807) is 7.11 Å². The summed E-state index contributed by atoms with van der Waals surface area (Å²) in [6.07, 6.45) is 0.891. The zero-order valence-corrected chi connectivity index (χ0v) is 17.8. The van der Waals surface area contributed by atoms with Crippen molar-refractivity contribution >= 4 is 50.8 Å². The van der Waals surface area contributed by atoms with Crippen LogP contribution in [0.2, 0.25) is 5.02 Å². The zero-order chi connectivity index (χ0) is 19.7. The van der Waals surface area contributed by atoms with E-state index in [1.807, 2.05) is 30.3 Å². The molecule has 0 spiro atoms. The van der Waals surface area contributed by atoms with Gasteiger partial charge in [0.05, 0.1) is 19.8 Å². The van der Waals surface area contributed by atoms with E-state index in [1.165, 1.54) is 22.7 Å². The van der Waals surface area contributed by atoms with Gasteiger partial charge in [-0.3, -0.25) is 0 Å². The summed E-state index contributed by atoms with van der Waals surface area (Å²) in [5, 5.41) is 11.1. The summed E-state index contributed by atoms with van der Waals surface area (Å²) in [7, 11) is 1.67. The number of methoxy groups -OCH3 is 1. The van der Waals surface area contributed by atoms with Gasteiger partial charge < -0.3 is 19.7 Å². The van der Waals surface area contributed by atoms with Gasteiger partial charge in [0.25, 0.3) is 0 Å². The first-order valence-electron chi connectivity index (χ1n) is 9.10. The molecule has 0 bridgehead atoms. The maximum absolute atomic E-state index is 9.20. The normalized spacial score (nSPS) is 16.2. The van der Waals surface area contributed by atoms with Crippen LogP contribution in [0.15, 0.2) is 42.5 Å². The number of hydrogen-bond acceptors (Lipinski definition) is 4. The summed E-state index contributed by atoms with van der Waals surface area (Å²) >= 11 is 13.5. The van der Waals surface area contributed by atoms with Crippen LogP contribution >= 0.6 is 35.6 Å². The van der Waals surface area contributed by atoms with Gasteiger partial charge in [-0.15, -0.1) is 0 Å². The van der Waals surface area contributed by atoms with Crippen LogP contribution in [0.5, 0.6) is 5.75 Å². The number of aromatic amines is 1. The summed E-state index contributed by atoms with van der Waals surface area (Å²) in [6.45, 7) is 0.933. The topological polar surface area (TPSA) is 48.5 Å². The van der Waals surface area contributed by atoms with Crippen molar-refractivity contribution in [3.63, 3.8) is 0 Å². The second-order valence-electron chi connectivity index (χ2n) is 6.66. The number of thiocarbonyl (C=S) groups is 1. The van der Waals surface area contributed by atoms with Crippen LogP contribution in [0.25, 0.3) is 10.9 Å². The molecule has 28 heavy (non-hydrogen) atoms. The monoisotopic (exact) mass is 432 g/mol. The number of halogens is 1. The minimum atomic E-state index is -0.0143. The Labute approximate surface area is 178 Å². The Kier molecular flexibility index (Phi) is 5.83. The third-order valence-corrected chi connectivity index (χ3v) is 6.76. The van der Waals surface area contributed by atoms with Crippen molar-refractivity contribution in [3.05, 3.63) is 64.3 Å². The third-order valence-electron chi connectivity index (χ3n) is 5.07. The van der Waals surface area contributed by atoms with E-state index in [4.69, 9.17) is 28.6 Å². The summed E-state index contributed by atoms with van der Waals surface area (Å²) in [4.78, 5) is 5.86. The Morgan fingerprint density at radius 1 is 1.32 bits per heavy atom. The molecular weight excluding hydrogens is 412 g/mol. The molecule has 7 heteroatoms. The van der Waals surface area contributed by atoms with E-state index in [0.717, 1.165) is 44.8 Å². The van der Waals surface area contributed by atoms with Crippen molar-refractivity contribution in [3.8, 4) is 5.75 Å². The molecule has 0 saturated heterocycles. The van der Waals surface area contributed by atoms with Crippen molar-refractivity contribution in [1.29, 1.82) is 0 Å². The Balaban J connectivity index is 1.82. The van der Waals surface area contributed by atoms with Gasteiger partial charge in [0.15, 0.2) is 0 Å². The molecule has 4 nitrogen and oxygen atoms in total. The van der Waals surface area contributed by atoms with Gasteiger partial charge in [-0.25, -0.2) is 0 Å². The van der Waals surface area contributed by atoms with Gasteiger partial charge in [-0.05, 0) is 47.9 Å². The highest BCUT2D eigenvalue weighted by Gasteiger charge is 2.33. The molecular formula is C21H21ClN2O2S2. The maximum Gasteiger partial charge on any atom is 0.137 e. The van der Waals surface area contributed by atoms with Gasteiger partial charge in [-0.1, -0.05) is 47.7 Å². The average molecular weight is 433 g/mol. The van der Waals surface area contributed by atoms with Crippen molar-refractivity contribution < 1.29 is 9.84 Å². The highest BCUT2D eigenvalue weighted by atomic mass is 35.5. The number of nitrogens with one attached hydrogen (secondary N) is 1. The van der Waals surface area contributed by atoms with Crippen molar-refractivity contribution in [2.75, 3.05) is 26.0 Å². The number of hydrogen-bond donors (Lipinski definition) is 2. The smallest absolute Gasteiger partial charge is 0.137 e. The molecule has 1 aliphatic heterocycles. The number of aliphatic hydroxyl groups is 1. The second-order valence-corrected chi connectivity index (χ2v) is 8.83. The molecule has 1 aromatic heterocycles. The lowest BCUT2D eigenvalue weighted by Gasteiger charge is -2.37. The first-order valence-corrected chi connectivity index (χ1v) is 10.9. The number of rotatable bonds is 4. The number of ether oxygens (including phenoxy) is 1. The van der Waals surface area contributed by atoms with Crippen molar-refractivity contribution in [2.45, 2.75) is 12.5 Å². The minimum absolute atomic E-state index is 0.0143. The lowest BCUT2D eigenvalue weighted by Crippen LogP contribution is -2.38. The van der Waals surface area contributed by atoms with Crippen LogP contribution in [-0.2, 0) is 6.42 Å². The minimum Gasteiger partial charge on any atom is -0.497 e. The van der Waals surface area contributed by atoms with Crippen LogP contribution in [0.1, 0.15) is 22.9 Å². The van der Waals surface area contributed by atoms with Crippen LogP contribution in [0, 0.1) is 0 Å². The Morgan fingerprint density at radius 3 is 2.82 bits per heavy atom. The predicted molar refractivity (Wildman–Crippen MR) is 121 cm³/mol. The van der Waals surface area contributed by atoms with E-state index in [0.29, 0.717) is 5.75 Å². The number of benzene rings is 2. The summed E-state index contributed by atoms with van der Waals surface area (Å²) < 4.78 is 6.12. The SMILES string of the molecule is COc1ccc(C2c3[nH]c4ccc(Cl)cc4c3CCN2C(=S)SCCO)cc1. The molecule has 2 N–H and O–H groups in total. The van der Waals surface area contributed by atoms with E-state index in [-0.39, 0.29) is 12.6 Å². The zero-order valence-electron chi connectivity index (χ0n) is 15.4. The van der Waals surface area contributed by atoms with Gasteiger partial charge in [0, 0.05) is 33.9 Å².